The number of hydroxylamine groups is 1. The Labute approximate surface area is 207 Å². The van der Waals surface area contributed by atoms with Gasteiger partial charge in [0, 0.05) is 5.02 Å². The number of anilines is 2. The van der Waals surface area contributed by atoms with Crippen LogP contribution >= 0.6 is 11.6 Å². The van der Waals surface area contributed by atoms with Crippen molar-refractivity contribution in [1.82, 2.24) is 0 Å². The lowest BCUT2D eigenvalue weighted by molar-refractivity contribution is -0.126. The van der Waals surface area contributed by atoms with Crippen molar-refractivity contribution in [2.24, 2.45) is 5.92 Å². The number of hydrogen-bond donors (Lipinski definition) is 0. The van der Waals surface area contributed by atoms with E-state index < -0.39 is 24.0 Å². The summed E-state index contributed by atoms with van der Waals surface area (Å²) in [5, 5.41) is 2.13. The van der Waals surface area contributed by atoms with Gasteiger partial charge in [-0.1, -0.05) is 29.8 Å². The number of carbonyl (C=O) groups excluding carboxylic acids is 2. The molecule has 2 heterocycles. The summed E-state index contributed by atoms with van der Waals surface area (Å²) in [6, 6.07) is 18.8. The van der Waals surface area contributed by atoms with Crippen molar-refractivity contribution in [3.63, 3.8) is 0 Å². The Hall–Kier alpha value is -3.75. The number of rotatable bonds is 6. The summed E-state index contributed by atoms with van der Waals surface area (Å²) in [5.41, 5.74) is 1.83. The van der Waals surface area contributed by atoms with Crippen molar-refractivity contribution in [3.05, 3.63) is 77.3 Å². The zero-order chi connectivity index (χ0) is 24.7. The standard InChI is InChI=1S/C26H23ClN2O6/c1-32-19-13-15(14-20(33-2)23(19)34-3)22-21-24(35-29(22)18-7-5-4-6-8-18)26(31)28(25(21)30)17-11-9-16(27)10-12-17/h4-14,21-22,24H,1-3H3/t21-,22+,24+/m0/s1. The van der Waals surface area contributed by atoms with Crippen molar-refractivity contribution >= 4 is 34.8 Å². The fourth-order valence-electron chi connectivity index (χ4n) is 4.67. The fraction of sp³-hybridized carbons (Fsp3) is 0.231. The maximum Gasteiger partial charge on any atom is 0.266 e. The van der Waals surface area contributed by atoms with Crippen molar-refractivity contribution in [2.45, 2.75) is 12.1 Å². The molecule has 0 spiro atoms. The average Bonchev–Trinajstić information content (AvgIpc) is 3.40. The van der Waals surface area contributed by atoms with Crippen molar-refractivity contribution in [1.29, 1.82) is 0 Å². The van der Waals surface area contributed by atoms with E-state index in [-0.39, 0.29) is 5.91 Å². The molecule has 3 aromatic carbocycles. The third kappa shape index (κ3) is 3.75. The smallest absolute Gasteiger partial charge is 0.266 e. The summed E-state index contributed by atoms with van der Waals surface area (Å²) in [5.74, 6) is -0.301. The zero-order valence-electron chi connectivity index (χ0n) is 19.3. The van der Waals surface area contributed by atoms with Gasteiger partial charge in [-0.25, -0.2) is 9.96 Å². The summed E-state index contributed by atoms with van der Waals surface area (Å²) >= 11 is 6.01. The van der Waals surface area contributed by atoms with E-state index in [4.69, 9.17) is 30.6 Å². The van der Waals surface area contributed by atoms with E-state index in [2.05, 4.69) is 0 Å². The Balaban J connectivity index is 1.64. The summed E-state index contributed by atoms with van der Waals surface area (Å²) in [4.78, 5) is 34.5. The van der Waals surface area contributed by atoms with E-state index in [1.54, 1.807) is 41.5 Å². The van der Waals surface area contributed by atoms with Gasteiger partial charge < -0.3 is 14.2 Å². The summed E-state index contributed by atoms with van der Waals surface area (Å²) in [7, 11) is 4.57. The number of imide groups is 1. The Morgan fingerprint density at radius 2 is 1.43 bits per heavy atom. The van der Waals surface area contributed by atoms with Crippen LogP contribution in [0.15, 0.2) is 66.7 Å². The van der Waals surface area contributed by atoms with Crippen LogP contribution in [0.1, 0.15) is 11.6 Å². The van der Waals surface area contributed by atoms with Crippen LogP contribution in [0.25, 0.3) is 0 Å². The second-order valence-corrected chi connectivity index (χ2v) is 8.54. The number of nitrogens with zero attached hydrogens (tertiary/aromatic N) is 2. The number of fused-ring (bicyclic) bond motifs is 1. The molecule has 0 N–H and O–H groups in total. The SMILES string of the molecule is COc1cc([C@@H]2[C@@H]3C(=O)N(c4ccc(Cl)cc4)C(=O)[C@@H]3ON2c2ccccc2)cc(OC)c1OC. The van der Waals surface area contributed by atoms with Crippen molar-refractivity contribution in [2.75, 3.05) is 31.3 Å². The first kappa shape index (κ1) is 23.0. The highest BCUT2D eigenvalue weighted by Gasteiger charge is 2.60. The molecule has 35 heavy (non-hydrogen) atoms. The molecular weight excluding hydrogens is 472 g/mol. The number of carbonyl (C=O) groups is 2. The van der Waals surface area contributed by atoms with Gasteiger partial charge in [-0.2, -0.15) is 0 Å². The lowest BCUT2D eigenvalue weighted by Crippen LogP contribution is -2.37. The Morgan fingerprint density at radius 3 is 2.00 bits per heavy atom. The molecule has 0 unspecified atom stereocenters. The summed E-state index contributed by atoms with van der Waals surface area (Å²) in [6.45, 7) is 0. The molecule has 180 valence electrons. The summed E-state index contributed by atoms with van der Waals surface area (Å²) < 4.78 is 16.5. The van der Waals surface area contributed by atoms with E-state index in [0.717, 1.165) is 0 Å². The molecule has 0 bridgehead atoms. The van der Waals surface area contributed by atoms with Crippen LogP contribution in [-0.4, -0.2) is 39.2 Å². The molecule has 0 radical (unpaired) electrons. The minimum absolute atomic E-state index is 0.362. The van der Waals surface area contributed by atoms with Gasteiger partial charge in [-0.05, 0) is 54.1 Å². The second-order valence-electron chi connectivity index (χ2n) is 8.10. The predicted molar refractivity (Wildman–Crippen MR) is 130 cm³/mol. The Morgan fingerprint density at radius 1 is 0.800 bits per heavy atom. The molecule has 0 aliphatic carbocycles. The first-order chi connectivity index (χ1) is 17.0. The van der Waals surface area contributed by atoms with Gasteiger partial charge in [0.25, 0.3) is 5.91 Å². The Bertz CT molecular complexity index is 1240. The highest BCUT2D eigenvalue weighted by atomic mass is 35.5. The molecule has 0 aromatic heterocycles. The van der Waals surface area contributed by atoms with Crippen LogP contribution in [0.2, 0.25) is 5.02 Å². The lowest BCUT2D eigenvalue weighted by Gasteiger charge is -2.29. The van der Waals surface area contributed by atoms with Gasteiger partial charge in [-0.15, -0.1) is 0 Å². The minimum Gasteiger partial charge on any atom is -0.493 e. The van der Waals surface area contributed by atoms with E-state index in [1.165, 1.54) is 26.2 Å². The molecule has 9 heteroatoms. The number of ether oxygens (including phenoxy) is 3. The molecule has 2 fully saturated rings. The molecule has 0 saturated carbocycles. The molecular formula is C26H23ClN2O6. The van der Waals surface area contributed by atoms with E-state index >= 15 is 0 Å². The quantitative estimate of drug-likeness (QED) is 0.469. The molecule has 2 amide bonds. The third-order valence-electron chi connectivity index (χ3n) is 6.24. The van der Waals surface area contributed by atoms with E-state index in [1.807, 2.05) is 30.3 Å². The van der Waals surface area contributed by atoms with Gasteiger partial charge in [0.15, 0.2) is 17.6 Å². The molecule has 3 atom stereocenters. The van der Waals surface area contributed by atoms with Crippen LogP contribution < -0.4 is 24.2 Å². The first-order valence-corrected chi connectivity index (χ1v) is 11.3. The van der Waals surface area contributed by atoms with Crippen molar-refractivity contribution in [3.8, 4) is 17.2 Å². The van der Waals surface area contributed by atoms with Crippen LogP contribution in [0.4, 0.5) is 11.4 Å². The molecule has 5 rings (SSSR count). The maximum absolute atomic E-state index is 13.8. The third-order valence-corrected chi connectivity index (χ3v) is 6.49. The number of methoxy groups -OCH3 is 3. The zero-order valence-corrected chi connectivity index (χ0v) is 20.1. The number of hydrogen-bond acceptors (Lipinski definition) is 7. The van der Waals surface area contributed by atoms with E-state index in [9.17, 15) is 9.59 Å². The van der Waals surface area contributed by atoms with Crippen LogP contribution in [0.3, 0.4) is 0 Å². The highest BCUT2D eigenvalue weighted by molar-refractivity contribution is 6.31. The van der Waals surface area contributed by atoms with Gasteiger partial charge in [-0.3, -0.25) is 14.4 Å². The average molecular weight is 495 g/mol. The number of amides is 2. The van der Waals surface area contributed by atoms with Crippen LogP contribution in [0.5, 0.6) is 17.2 Å². The monoisotopic (exact) mass is 494 g/mol. The van der Waals surface area contributed by atoms with E-state index in [0.29, 0.717) is 39.2 Å². The number of benzene rings is 3. The van der Waals surface area contributed by atoms with Gasteiger partial charge in [0.05, 0.1) is 38.7 Å². The van der Waals surface area contributed by atoms with Gasteiger partial charge in [0.1, 0.15) is 5.92 Å². The second kappa shape index (κ2) is 9.13. The highest BCUT2D eigenvalue weighted by Crippen LogP contribution is 2.50. The summed E-state index contributed by atoms with van der Waals surface area (Å²) in [6.07, 6.45) is -0.998. The molecule has 3 aromatic rings. The first-order valence-electron chi connectivity index (χ1n) is 10.9. The fourth-order valence-corrected chi connectivity index (χ4v) is 4.79. The normalized spacial score (nSPS) is 21.3. The molecule has 2 aliphatic rings. The largest absolute Gasteiger partial charge is 0.493 e. The molecule has 2 saturated heterocycles. The topological polar surface area (TPSA) is 77.5 Å². The lowest BCUT2D eigenvalue weighted by atomic mass is 9.90. The van der Waals surface area contributed by atoms with Gasteiger partial charge in [0.2, 0.25) is 11.7 Å². The van der Waals surface area contributed by atoms with Crippen LogP contribution in [-0.2, 0) is 14.4 Å². The number of halogens is 1. The van der Waals surface area contributed by atoms with Crippen molar-refractivity contribution < 1.29 is 28.6 Å². The molecule has 2 aliphatic heterocycles. The molecule has 8 nitrogen and oxygen atoms in total. The minimum atomic E-state index is -0.998. The Kier molecular flexibility index (Phi) is 6.00. The van der Waals surface area contributed by atoms with Gasteiger partial charge >= 0.3 is 0 Å². The number of para-hydroxylation sites is 1. The maximum atomic E-state index is 13.8. The van der Waals surface area contributed by atoms with Crippen LogP contribution in [0, 0.1) is 5.92 Å². The predicted octanol–water partition coefficient (Wildman–Crippen LogP) is 4.42.